The number of aromatic nitrogens is 2. The molecule has 1 unspecified atom stereocenters. The highest BCUT2D eigenvalue weighted by Crippen LogP contribution is 2.35. The first-order chi connectivity index (χ1) is 13.0. The molecule has 1 saturated carbocycles. The molecular weight excluding hydrogens is 344 g/mol. The molecule has 2 fully saturated rings. The van der Waals surface area contributed by atoms with Crippen LogP contribution in [-0.4, -0.2) is 57.4 Å². The van der Waals surface area contributed by atoms with Gasteiger partial charge in [0.05, 0.1) is 6.04 Å². The van der Waals surface area contributed by atoms with Crippen LogP contribution in [0.5, 0.6) is 0 Å². The normalized spacial score (nSPS) is 20.1. The van der Waals surface area contributed by atoms with Gasteiger partial charge in [0.2, 0.25) is 17.7 Å². The summed E-state index contributed by atoms with van der Waals surface area (Å²) in [6.45, 7) is 7.65. The minimum Gasteiger partial charge on any atom is -0.340 e. The molecule has 1 aliphatic carbocycles. The molecule has 1 atom stereocenters. The Kier molecular flexibility index (Phi) is 6.50. The zero-order valence-electron chi connectivity index (χ0n) is 16.8. The van der Waals surface area contributed by atoms with E-state index in [-0.39, 0.29) is 23.8 Å². The molecule has 0 radical (unpaired) electrons. The summed E-state index contributed by atoms with van der Waals surface area (Å²) >= 11 is 0. The number of carbonyl (C=O) groups excluding carboxylic acids is 2. The molecule has 7 heteroatoms. The molecule has 0 N–H and O–H groups in total. The smallest absolute Gasteiger partial charge is 0.229 e. The fraction of sp³-hybridized carbons (Fsp3) is 0.800. The van der Waals surface area contributed by atoms with Crippen molar-refractivity contribution in [3.63, 3.8) is 0 Å². The predicted molar refractivity (Wildman–Crippen MR) is 101 cm³/mol. The van der Waals surface area contributed by atoms with Crippen LogP contribution in [0.1, 0.15) is 76.9 Å². The van der Waals surface area contributed by atoms with Gasteiger partial charge in [-0.25, -0.2) is 0 Å². The van der Waals surface area contributed by atoms with E-state index in [1.165, 1.54) is 6.42 Å². The molecule has 27 heavy (non-hydrogen) atoms. The molecule has 1 saturated heterocycles. The van der Waals surface area contributed by atoms with Crippen LogP contribution >= 0.6 is 0 Å². The van der Waals surface area contributed by atoms with Crippen molar-refractivity contribution < 1.29 is 14.1 Å². The van der Waals surface area contributed by atoms with E-state index in [0.717, 1.165) is 44.5 Å². The molecule has 2 aliphatic rings. The highest BCUT2D eigenvalue weighted by molar-refractivity contribution is 5.79. The maximum atomic E-state index is 12.6. The Balaban J connectivity index is 1.55. The lowest BCUT2D eigenvalue weighted by Gasteiger charge is -2.28. The molecule has 1 aliphatic heterocycles. The Morgan fingerprint density at radius 1 is 1.26 bits per heavy atom. The summed E-state index contributed by atoms with van der Waals surface area (Å²) < 4.78 is 5.37. The lowest BCUT2D eigenvalue weighted by molar-refractivity contribution is -0.136. The summed E-state index contributed by atoms with van der Waals surface area (Å²) in [7, 11) is 0. The highest BCUT2D eigenvalue weighted by Gasteiger charge is 2.33. The van der Waals surface area contributed by atoms with Crippen molar-refractivity contribution in [3.8, 4) is 0 Å². The van der Waals surface area contributed by atoms with E-state index in [1.807, 2.05) is 9.80 Å². The van der Waals surface area contributed by atoms with Gasteiger partial charge in [-0.2, -0.15) is 4.98 Å². The van der Waals surface area contributed by atoms with Gasteiger partial charge < -0.3 is 14.3 Å². The average Bonchev–Trinajstić information content (AvgIpc) is 3.24. The summed E-state index contributed by atoms with van der Waals surface area (Å²) in [5.74, 6) is 2.21. The number of hydrogen-bond acceptors (Lipinski definition) is 5. The summed E-state index contributed by atoms with van der Waals surface area (Å²) in [4.78, 5) is 33.1. The first kappa shape index (κ1) is 19.8. The molecule has 0 spiro atoms. The SMILES string of the molecule is CCC(CC)C(=O)N1CCC(N(CCc2noc(C3CCC3)n2)C(C)=O)C1. The Bertz CT molecular complexity index is 651. The third kappa shape index (κ3) is 4.50. The molecule has 3 rings (SSSR count). The number of nitrogens with zero attached hydrogens (tertiary/aromatic N) is 4. The minimum absolute atomic E-state index is 0.0412. The first-order valence-corrected chi connectivity index (χ1v) is 10.4. The van der Waals surface area contributed by atoms with Crippen molar-refractivity contribution in [1.29, 1.82) is 0 Å². The summed E-state index contributed by atoms with van der Waals surface area (Å²) in [6, 6.07) is 0.0822. The summed E-state index contributed by atoms with van der Waals surface area (Å²) in [5, 5.41) is 4.08. The molecule has 0 bridgehead atoms. The molecule has 1 aromatic rings. The van der Waals surface area contributed by atoms with Crippen LogP contribution in [-0.2, 0) is 16.0 Å². The van der Waals surface area contributed by atoms with Crippen molar-refractivity contribution in [2.75, 3.05) is 19.6 Å². The van der Waals surface area contributed by atoms with Crippen molar-refractivity contribution in [3.05, 3.63) is 11.7 Å². The fourth-order valence-corrected chi connectivity index (χ4v) is 4.10. The van der Waals surface area contributed by atoms with Crippen LogP contribution in [0.2, 0.25) is 0 Å². The third-order valence-electron chi connectivity index (χ3n) is 6.17. The van der Waals surface area contributed by atoms with Crippen LogP contribution in [0, 0.1) is 5.92 Å². The standard InChI is InChI=1S/C20H32N4O3/c1-4-15(5-2)20(26)23-11-9-17(13-23)24(14(3)25)12-10-18-21-19(27-22-18)16-7-6-8-16/h15-17H,4-13H2,1-3H3. The van der Waals surface area contributed by atoms with Gasteiger partial charge in [0.25, 0.3) is 0 Å². The summed E-state index contributed by atoms with van der Waals surface area (Å²) in [5.41, 5.74) is 0. The van der Waals surface area contributed by atoms with Gasteiger partial charge in [-0.3, -0.25) is 9.59 Å². The fourth-order valence-electron chi connectivity index (χ4n) is 4.10. The van der Waals surface area contributed by atoms with Crippen molar-refractivity contribution >= 4 is 11.8 Å². The molecule has 2 amide bonds. The van der Waals surface area contributed by atoms with Crippen LogP contribution in [0.15, 0.2) is 4.52 Å². The second-order valence-corrected chi connectivity index (χ2v) is 7.88. The third-order valence-corrected chi connectivity index (χ3v) is 6.17. The average molecular weight is 377 g/mol. The van der Waals surface area contributed by atoms with Crippen LogP contribution in [0.25, 0.3) is 0 Å². The highest BCUT2D eigenvalue weighted by atomic mass is 16.5. The van der Waals surface area contributed by atoms with Gasteiger partial charge in [0.15, 0.2) is 5.82 Å². The Morgan fingerprint density at radius 3 is 2.59 bits per heavy atom. The number of hydrogen-bond donors (Lipinski definition) is 0. The van der Waals surface area contributed by atoms with Crippen molar-refractivity contribution in [1.82, 2.24) is 19.9 Å². The monoisotopic (exact) mass is 376 g/mol. The maximum absolute atomic E-state index is 12.6. The first-order valence-electron chi connectivity index (χ1n) is 10.4. The zero-order valence-corrected chi connectivity index (χ0v) is 16.8. The van der Waals surface area contributed by atoms with E-state index >= 15 is 0 Å². The second kappa shape index (κ2) is 8.85. The van der Waals surface area contributed by atoms with E-state index in [0.29, 0.717) is 31.3 Å². The quantitative estimate of drug-likeness (QED) is 0.697. The number of likely N-dealkylation sites (tertiary alicyclic amines) is 1. The second-order valence-electron chi connectivity index (χ2n) is 7.88. The number of carbonyl (C=O) groups is 2. The topological polar surface area (TPSA) is 79.5 Å². The van der Waals surface area contributed by atoms with Crippen LogP contribution in [0.4, 0.5) is 0 Å². The van der Waals surface area contributed by atoms with Gasteiger partial charge in [-0.05, 0) is 32.1 Å². The van der Waals surface area contributed by atoms with E-state index in [4.69, 9.17) is 4.52 Å². The number of rotatable bonds is 8. The molecular formula is C20H32N4O3. The van der Waals surface area contributed by atoms with E-state index in [1.54, 1.807) is 6.92 Å². The van der Waals surface area contributed by atoms with Gasteiger partial charge >= 0.3 is 0 Å². The zero-order chi connectivity index (χ0) is 19.4. The van der Waals surface area contributed by atoms with E-state index in [2.05, 4.69) is 24.0 Å². The predicted octanol–water partition coefficient (Wildman–Crippen LogP) is 2.77. The molecule has 2 heterocycles. The van der Waals surface area contributed by atoms with Crippen molar-refractivity contribution in [2.45, 2.75) is 77.7 Å². The number of amides is 2. The van der Waals surface area contributed by atoms with Gasteiger partial charge in [-0.15, -0.1) is 0 Å². The lowest BCUT2D eigenvalue weighted by Crippen LogP contribution is -2.43. The largest absolute Gasteiger partial charge is 0.340 e. The van der Waals surface area contributed by atoms with E-state index in [9.17, 15) is 9.59 Å². The van der Waals surface area contributed by atoms with E-state index < -0.39 is 0 Å². The van der Waals surface area contributed by atoms with Gasteiger partial charge in [-0.1, -0.05) is 25.4 Å². The van der Waals surface area contributed by atoms with Gasteiger partial charge in [0.1, 0.15) is 0 Å². The Morgan fingerprint density at radius 2 is 2.00 bits per heavy atom. The minimum atomic E-state index is 0.0412. The van der Waals surface area contributed by atoms with Crippen LogP contribution < -0.4 is 0 Å². The molecule has 1 aromatic heterocycles. The van der Waals surface area contributed by atoms with Crippen molar-refractivity contribution in [2.24, 2.45) is 5.92 Å². The maximum Gasteiger partial charge on any atom is 0.229 e. The lowest BCUT2D eigenvalue weighted by atomic mass is 9.85. The molecule has 7 nitrogen and oxygen atoms in total. The molecule has 150 valence electrons. The Hall–Kier alpha value is -1.92. The Labute approximate surface area is 161 Å². The van der Waals surface area contributed by atoms with Crippen LogP contribution in [0.3, 0.4) is 0 Å². The summed E-state index contributed by atoms with van der Waals surface area (Å²) in [6.07, 6.45) is 6.65. The molecule has 0 aromatic carbocycles. The van der Waals surface area contributed by atoms with Gasteiger partial charge in [0, 0.05) is 44.8 Å².